The highest BCUT2D eigenvalue weighted by Crippen LogP contribution is 2.34. The Kier molecular flexibility index (Phi) is 5.33. The van der Waals surface area contributed by atoms with Gasteiger partial charge in [0.1, 0.15) is 0 Å². The van der Waals surface area contributed by atoms with Crippen LogP contribution in [0.4, 0.5) is 5.69 Å². The Morgan fingerprint density at radius 2 is 1.82 bits per heavy atom. The van der Waals surface area contributed by atoms with Crippen molar-refractivity contribution in [2.24, 2.45) is 0 Å². The molecule has 22 heavy (non-hydrogen) atoms. The zero-order valence-corrected chi connectivity index (χ0v) is 15.2. The minimum absolute atomic E-state index is 0.0937. The number of hydrogen-bond acceptors (Lipinski definition) is 4. The van der Waals surface area contributed by atoms with E-state index in [4.69, 9.17) is 0 Å². The lowest BCUT2D eigenvalue weighted by Gasteiger charge is -2.42. The average molecular weight is 344 g/mol. The Morgan fingerprint density at radius 3 is 2.41 bits per heavy atom. The third-order valence-corrected chi connectivity index (χ3v) is 8.72. The Labute approximate surface area is 136 Å². The van der Waals surface area contributed by atoms with Crippen molar-refractivity contribution in [3.8, 4) is 0 Å². The second kappa shape index (κ2) is 6.71. The van der Waals surface area contributed by atoms with Crippen molar-refractivity contribution in [1.82, 2.24) is 0 Å². The summed E-state index contributed by atoms with van der Waals surface area (Å²) in [6.07, 6.45) is 1.69. The first kappa shape index (κ1) is 17.5. The van der Waals surface area contributed by atoms with Gasteiger partial charge in [0.25, 0.3) is 0 Å². The minimum Gasteiger partial charge on any atom is -0.368 e. The molecule has 0 aliphatic carbocycles. The molecule has 1 fully saturated rings. The van der Waals surface area contributed by atoms with Crippen molar-refractivity contribution in [2.75, 3.05) is 29.5 Å². The highest BCUT2D eigenvalue weighted by molar-refractivity contribution is 7.91. The molecule has 0 N–H and O–H groups in total. The molecule has 1 aromatic rings. The molecule has 0 bridgehead atoms. The maximum absolute atomic E-state index is 12.5. The molecule has 0 spiro atoms. The summed E-state index contributed by atoms with van der Waals surface area (Å²) in [5.41, 5.74) is 0.757. The van der Waals surface area contributed by atoms with Gasteiger partial charge in [-0.25, -0.2) is 8.42 Å². The maximum Gasteiger partial charge on any atom is 0.180 e. The molecule has 4 nitrogen and oxygen atoms in total. The molecule has 0 radical (unpaired) electrons. The van der Waals surface area contributed by atoms with Crippen molar-refractivity contribution in [3.63, 3.8) is 0 Å². The number of sulfone groups is 1. The van der Waals surface area contributed by atoms with Crippen molar-refractivity contribution in [2.45, 2.75) is 43.3 Å². The summed E-state index contributed by atoms with van der Waals surface area (Å²) in [7, 11) is -4.11. The Morgan fingerprint density at radius 1 is 1.18 bits per heavy atom. The summed E-state index contributed by atoms with van der Waals surface area (Å²) in [6, 6.07) is 7.18. The summed E-state index contributed by atoms with van der Waals surface area (Å²) in [5.74, 6) is 0.693. The van der Waals surface area contributed by atoms with Crippen molar-refractivity contribution < 1.29 is 12.6 Å². The van der Waals surface area contributed by atoms with Gasteiger partial charge in [0.2, 0.25) is 0 Å². The first-order chi connectivity index (χ1) is 10.4. The summed E-state index contributed by atoms with van der Waals surface area (Å²) in [5, 5.41) is 0. The van der Waals surface area contributed by atoms with Gasteiger partial charge in [-0.15, -0.1) is 0 Å². The number of hydrogen-bond donors (Lipinski definition) is 0. The Balaban J connectivity index is 2.44. The van der Waals surface area contributed by atoms with Crippen LogP contribution in [0.25, 0.3) is 0 Å². The highest BCUT2D eigenvalue weighted by atomic mass is 32.2. The molecular weight excluding hydrogens is 318 g/mol. The standard InChI is InChI=1S/C16H25NO3S2/c1-4-16(5-2)13-17(11-12-21(16)18)14-9-7-8-10-15(14)22(19,20)6-3/h7-10H,4-6,11-13H2,1-3H3. The van der Waals surface area contributed by atoms with Gasteiger partial charge in [-0.3, -0.25) is 4.21 Å². The average Bonchev–Trinajstić information content (AvgIpc) is 2.55. The monoisotopic (exact) mass is 343 g/mol. The van der Waals surface area contributed by atoms with E-state index in [1.807, 2.05) is 12.1 Å². The lowest BCUT2D eigenvalue weighted by molar-refractivity contribution is 0.495. The van der Waals surface area contributed by atoms with Crippen LogP contribution in [0, 0.1) is 0 Å². The van der Waals surface area contributed by atoms with Crippen LogP contribution in [-0.4, -0.2) is 42.0 Å². The molecule has 2 rings (SSSR count). The van der Waals surface area contributed by atoms with Crippen LogP contribution in [0.5, 0.6) is 0 Å². The lowest BCUT2D eigenvalue weighted by atomic mass is 10.0. The molecule has 124 valence electrons. The fraction of sp³-hybridized carbons (Fsp3) is 0.625. The Bertz CT molecular complexity index is 651. The van der Waals surface area contributed by atoms with E-state index in [-0.39, 0.29) is 10.5 Å². The van der Waals surface area contributed by atoms with E-state index in [1.54, 1.807) is 19.1 Å². The molecule has 1 aromatic carbocycles. The smallest absolute Gasteiger partial charge is 0.180 e. The van der Waals surface area contributed by atoms with E-state index in [0.717, 1.165) is 18.5 Å². The van der Waals surface area contributed by atoms with Crippen LogP contribution in [0.1, 0.15) is 33.6 Å². The van der Waals surface area contributed by atoms with Crippen LogP contribution in [0.15, 0.2) is 29.2 Å². The number of benzene rings is 1. The summed E-state index contributed by atoms with van der Waals surface area (Å²) < 4.78 is 36.9. The summed E-state index contributed by atoms with van der Waals surface area (Å²) in [4.78, 5) is 2.50. The molecule has 6 heteroatoms. The van der Waals surface area contributed by atoms with Gasteiger partial charge >= 0.3 is 0 Å². The van der Waals surface area contributed by atoms with Gasteiger partial charge in [0.05, 0.1) is 21.1 Å². The van der Waals surface area contributed by atoms with Crippen LogP contribution in [0.2, 0.25) is 0 Å². The number of nitrogens with zero attached hydrogens (tertiary/aromatic N) is 1. The van der Waals surface area contributed by atoms with Crippen LogP contribution in [0.3, 0.4) is 0 Å². The van der Waals surface area contributed by atoms with Crippen molar-refractivity contribution >= 4 is 26.3 Å². The lowest BCUT2D eigenvalue weighted by Crippen LogP contribution is -2.53. The molecular formula is C16H25NO3S2. The van der Waals surface area contributed by atoms with E-state index < -0.39 is 20.6 Å². The van der Waals surface area contributed by atoms with Crippen molar-refractivity contribution in [3.05, 3.63) is 24.3 Å². The molecule has 0 amide bonds. The second-order valence-electron chi connectivity index (χ2n) is 5.73. The zero-order valence-electron chi connectivity index (χ0n) is 13.5. The maximum atomic E-state index is 12.5. The number of para-hydroxylation sites is 1. The summed E-state index contributed by atoms with van der Waals surface area (Å²) >= 11 is 0. The number of anilines is 1. The first-order valence-electron chi connectivity index (χ1n) is 7.85. The van der Waals surface area contributed by atoms with E-state index in [9.17, 15) is 12.6 Å². The molecule has 0 aromatic heterocycles. The molecule has 1 aliphatic heterocycles. The van der Waals surface area contributed by atoms with Gasteiger partial charge < -0.3 is 4.90 Å². The van der Waals surface area contributed by atoms with E-state index >= 15 is 0 Å². The topological polar surface area (TPSA) is 54.5 Å². The summed E-state index contributed by atoms with van der Waals surface area (Å²) in [6.45, 7) is 7.10. The van der Waals surface area contributed by atoms with Gasteiger partial charge in [0.15, 0.2) is 9.84 Å². The molecule has 0 saturated carbocycles. The third kappa shape index (κ3) is 3.08. The van der Waals surface area contributed by atoms with Crippen LogP contribution < -0.4 is 4.90 Å². The minimum atomic E-state index is -3.26. The molecule has 1 aliphatic rings. The van der Waals surface area contributed by atoms with Crippen molar-refractivity contribution in [1.29, 1.82) is 0 Å². The van der Waals surface area contributed by atoms with Gasteiger partial charge in [-0.2, -0.15) is 0 Å². The molecule has 1 heterocycles. The third-order valence-electron chi connectivity index (χ3n) is 4.72. The number of rotatable bonds is 5. The van der Waals surface area contributed by atoms with E-state index in [2.05, 4.69) is 18.7 Å². The van der Waals surface area contributed by atoms with Crippen LogP contribution >= 0.6 is 0 Å². The molecule has 1 saturated heterocycles. The highest BCUT2D eigenvalue weighted by Gasteiger charge is 2.39. The fourth-order valence-corrected chi connectivity index (χ4v) is 5.92. The van der Waals surface area contributed by atoms with Gasteiger partial charge in [0, 0.05) is 29.6 Å². The van der Waals surface area contributed by atoms with E-state index in [1.165, 1.54) is 0 Å². The predicted octanol–water partition coefficient (Wildman–Crippen LogP) is 2.61. The zero-order chi connectivity index (χ0) is 16.4. The van der Waals surface area contributed by atoms with Gasteiger partial charge in [-0.05, 0) is 25.0 Å². The van der Waals surface area contributed by atoms with Crippen LogP contribution in [-0.2, 0) is 20.6 Å². The largest absolute Gasteiger partial charge is 0.368 e. The Hall–Kier alpha value is -0.880. The normalized spacial score (nSPS) is 21.8. The second-order valence-corrected chi connectivity index (χ2v) is 9.94. The predicted molar refractivity (Wildman–Crippen MR) is 92.7 cm³/mol. The molecule has 1 unspecified atom stereocenters. The SMILES string of the molecule is CCC1(CC)CN(c2ccccc2S(=O)(=O)CC)CCS1=O. The quantitative estimate of drug-likeness (QED) is 0.825. The fourth-order valence-electron chi connectivity index (χ4n) is 3.05. The van der Waals surface area contributed by atoms with E-state index in [0.29, 0.717) is 23.7 Å². The molecule has 1 atom stereocenters. The van der Waals surface area contributed by atoms with Gasteiger partial charge in [-0.1, -0.05) is 32.9 Å². The first-order valence-corrected chi connectivity index (χ1v) is 10.8.